The maximum atomic E-state index is 13.4. The van der Waals surface area contributed by atoms with Crippen molar-refractivity contribution in [2.24, 2.45) is 5.41 Å². The van der Waals surface area contributed by atoms with Crippen molar-refractivity contribution in [2.45, 2.75) is 77.1 Å². The fourth-order valence-corrected chi connectivity index (χ4v) is 7.09. The molecule has 3 amide bonds. The van der Waals surface area contributed by atoms with E-state index in [2.05, 4.69) is 32.2 Å². The number of ether oxygens (including phenoxy) is 2. The van der Waals surface area contributed by atoms with E-state index >= 15 is 0 Å². The molecule has 2 fully saturated rings. The number of hydrogen-bond acceptors (Lipinski definition) is 6. The van der Waals surface area contributed by atoms with E-state index in [1.54, 1.807) is 25.1 Å². The first-order valence-electron chi connectivity index (χ1n) is 15.2. The molecule has 4 unspecified atom stereocenters. The quantitative estimate of drug-likeness (QED) is 0.402. The number of amides is 3. The molecule has 2 aromatic carbocycles. The number of carboxylic acid groups (broad SMARTS) is 1. The summed E-state index contributed by atoms with van der Waals surface area (Å²) in [5.74, 6) is -0.333. The summed E-state index contributed by atoms with van der Waals surface area (Å²) in [7, 11) is 0. The lowest BCUT2D eigenvalue weighted by Crippen LogP contribution is -2.50. The number of nitrogens with one attached hydrogen (secondary N) is 1. The molecule has 2 bridgehead atoms. The third kappa shape index (κ3) is 6.35. The first-order chi connectivity index (χ1) is 20.5. The Morgan fingerprint density at radius 2 is 1.81 bits per heavy atom. The number of carbonyl (C=O) groups is 3. The Kier molecular flexibility index (Phi) is 8.99. The van der Waals surface area contributed by atoms with Gasteiger partial charge in [0.05, 0.1) is 50.1 Å². The van der Waals surface area contributed by atoms with Crippen LogP contribution in [0.2, 0.25) is 0 Å². The highest BCUT2D eigenvalue weighted by Gasteiger charge is 2.44. The smallest absolute Gasteiger partial charge is 0.407 e. The van der Waals surface area contributed by atoms with Crippen LogP contribution in [0.25, 0.3) is 0 Å². The van der Waals surface area contributed by atoms with E-state index in [-0.39, 0.29) is 59.8 Å². The van der Waals surface area contributed by atoms with Gasteiger partial charge in [-0.2, -0.15) is 0 Å². The van der Waals surface area contributed by atoms with Crippen LogP contribution < -0.4 is 10.1 Å². The Morgan fingerprint density at radius 3 is 2.47 bits per heavy atom. The van der Waals surface area contributed by atoms with Gasteiger partial charge in [0.15, 0.2) is 0 Å². The molecular formula is C33H43N3O7. The van der Waals surface area contributed by atoms with Gasteiger partial charge in [-0.15, -0.1) is 0 Å². The van der Waals surface area contributed by atoms with Gasteiger partial charge in [-0.25, -0.2) is 4.79 Å². The Balaban J connectivity index is 1.25. The summed E-state index contributed by atoms with van der Waals surface area (Å²) in [5.41, 5.74) is 2.75. The summed E-state index contributed by atoms with van der Waals surface area (Å²) in [6, 6.07) is 12.6. The maximum absolute atomic E-state index is 13.4. The number of morpholine rings is 1. The molecule has 0 spiro atoms. The zero-order valence-electron chi connectivity index (χ0n) is 25.4. The number of nitrogens with zero attached hydrogens (tertiary/aromatic N) is 2. The SMILES string of the molecule is CCOc1cc(C(=O)N2C3CCC2COC3)ccc1C(=O)NC[C@@H](O)CN(C(=O)O)C1Cc2ccccc2C1C(C)(C)C. The first kappa shape index (κ1) is 30.8. The second kappa shape index (κ2) is 12.5. The Hall–Kier alpha value is -3.63. The van der Waals surface area contributed by atoms with Gasteiger partial charge < -0.3 is 34.8 Å². The zero-order chi connectivity index (χ0) is 30.9. The van der Waals surface area contributed by atoms with Gasteiger partial charge >= 0.3 is 6.09 Å². The van der Waals surface area contributed by atoms with Crippen LogP contribution in [0.3, 0.4) is 0 Å². The van der Waals surface area contributed by atoms with Crippen LogP contribution in [-0.2, 0) is 11.2 Å². The third-order valence-corrected chi connectivity index (χ3v) is 8.94. The molecule has 5 rings (SSSR count). The number of hydrogen-bond donors (Lipinski definition) is 3. The van der Waals surface area contributed by atoms with Gasteiger partial charge in [-0.1, -0.05) is 45.0 Å². The van der Waals surface area contributed by atoms with E-state index in [1.807, 2.05) is 23.1 Å². The third-order valence-electron chi connectivity index (χ3n) is 8.94. The van der Waals surface area contributed by atoms with Crippen molar-refractivity contribution >= 4 is 17.9 Å². The van der Waals surface area contributed by atoms with Crippen molar-refractivity contribution < 1.29 is 34.1 Å². The highest BCUT2D eigenvalue weighted by atomic mass is 16.5. The lowest BCUT2D eigenvalue weighted by molar-refractivity contribution is -0.00718. The fraction of sp³-hybridized carbons (Fsp3) is 0.545. The predicted octanol–water partition coefficient (Wildman–Crippen LogP) is 3.91. The van der Waals surface area contributed by atoms with Crippen LogP contribution in [-0.4, -0.2) is 95.1 Å². The summed E-state index contributed by atoms with van der Waals surface area (Å²) in [6.45, 7) is 9.18. The molecule has 2 saturated heterocycles. The van der Waals surface area contributed by atoms with Crippen LogP contribution in [0.4, 0.5) is 4.79 Å². The normalized spacial score (nSPS) is 23.4. The number of fused-ring (bicyclic) bond motifs is 3. The average molecular weight is 594 g/mol. The number of aliphatic hydroxyl groups is 1. The first-order valence-corrected chi connectivity index (χ1v) is 15.2. The van der Waals surface area contributed by atoms with Crippen LogP contribution in [0.15, 0.2) is 42.5 Å². The topological polar surface area (TPSA) is 129 Å². The number of rotatable bonds is 9. The average Bonchev–Trinajstić information content (AvgIpc) is 3.48. The second-order valence-electron chi connectivity index (χ2n) is 12.9. The molecule has 3 N–H and O–H groups in total. The molecule has 2 aromatic rings. The molecule has 5 atom stereocenters. The van der Waals surface area contributed by atoms with E-state index in [0.29, 0.717) is 31.8 Å². The van der Waals surface area contributed by atoms with E-state index in [4.69, 9.17) is 9.47 Å². The molecule has 0 saturated carbocycles. The van der Waals surface area contributed by atoms with Crippen molar-refractivity contribution in [3.8, 4) is 5.75 Å². The number of carbonyl (C=O) groups excluding carboxylic acids is 2. The molecule has 0 aromatic heterocycles. The van der Waals surface area contributed by atoms with Crippen molar-refractivity contribution in [1.29, 1.82) is 0 Å². The van der Waals surface area contributed by atoms with Gasteiger partial charge in [-0.05, 0) is 60.9 Å². The Labute approximate surface area is 253 Å². The minimum atomic E-state index is -1.13. The Bertz CT molecular complexity index is 1340. The molecule has 3 aliphatic rings. The van der Waals surface area contributed by atoms with Gasteiger partial charge in [0, 0.05) is 24.1 Å². The largest absolute Gasteiger partial charge is 0.493 e. The highest BCUT2D eigenvalue weighted by molar-refractivity contribution is 6.00. The van der Waals surface area contributed by atoms with Gasteiger partial charge in [0.1, 0.15) is 5.75 Å². The fourth-order valence-electron chi connectivity index (χ4n) is 7.09. The maximum Gasteiger partial charge on any atom is 0.407 e. The highest BCUT2D eigenvalue weighted by Crippen LogP contribution is 2.47. The molecule has 10 nitrogen and oxygen atoms in total. The van der Waals surface area contributed by atoms with Gasteiger partial charge in [0.25, 0.3) is 11.8 Å². The molecular weight excluding hydrogens is 550 g/mol. The molecule has 10 heteroatoms. The summed E-state index contributed by atoms with van der Waals surface area (Å²) < 4.78 is 11.4. The standard InChI is InChI=1S/C33H43N3O7/c1-5-43-28-15-21(31(39)36-22-11-12-23(36)19-42-18-22)10-13-26(28)30(38)34-16-24(37)17-35(32(40)41)27-14-20-8-6-7-9-25(20)29(27)33(2,3)4/h6-10,13,15,22-24,27,29,37H,5,11-12,14,16-19H2,1-4H3,(H,34,38)(H,40,41)/t22?,23?,24-,27?,29?/m1/s1. The molecule has 2 aliphatic heterocycles. The van der Waals surface area contributed by atoms with Crippen LogP contribution in [0.5, 0.6) is 5.75 Å². The summed E-state index contributed by atoms with van der Waals surface area (Å²) in [6.07, 6.45) is 0.170. The van der Waals surface area contributed by atoms with E-state index in [1.165, 1.54) is 4.90 Å². The zero-order valence-corrected chi connectivity index (χ0v) is 25.4. The van der Waals surface area contributed by atoms with E-state index in [0.717, 1.165) is 24.0 Å². The van der Waals surface area contributed by atoms with Crippen molar-refractivity contribution in [2.75, 3.05) is 32.9 Å². The number of aliphatic hydroxyl groups excluding tert-OH is 1. The Morgan fingerprint density at radius 1 is 1.12 bits per heavy atom. The summed E-state index contributed by atoms with van der Waals surface area (Å²) in [4.78, 5) is 42.2. The van der Waals surface area contributed by atoms with Crippen LogP contribution >= 0.6 is 0 Å². The molecule has 43 heavy (non-hydrogen) atoms. The van der Waals surface area contributed by atoms with Gasteiger partial charge in [0.2, 0.25) is 0 Å². The summed E-state index contributed by atoms with van der Waals surface area (Å²) in [5, 5.41) is 23.8. The summed E-state index contributed by atoms with van der Waals surface area (Å²) >= 11 is 0. The van der Waals surface area contributed by atoms with Crippen molar-refractivity contribution in [1.82, 2.24) is 15.1 Å². The monoisotopic (exact) mass is 593 g/mol. The van der Waals surface area contributed by atoms with Crippen molar-refractivity contribution in [3.05, 3.63) is 64.7 Å². The second-order valence-corrected chi connectivity index (χ2v) is 12.9. The van der Waals surface area contributed by atoms with Crippen LogP contribution in [0.1, 0.15) is 78.3 Å². The van der Waals surface area contributed by atoms with Gasteiger partial charge in [-0.3, -0.25) is 9.59 Å². The molecule has 2 heterocycles. The molecule has 232 valence electrons. The number of benzene rings is 2. The van der Waals surface area contributed by atoms with Crippen molar-refractivity contribution in [3.63, 3.8) is 0 Å². The molecule has 1 aliphatic carbocycles. The minimum Gasteiger partial charge on any atom is -0.493 e. The lowest BCUT2D eigenvalue weighted by atomic mass is 9.75. The molecule has 0 radical (unpaired) electrons. The van der Waals surface area contributed by atoms with Crippen LogP contribution in [0, 0.1) is 5.41 Å². The van der Waals surface area contributed by atoms with E-state index < -0.39 is 18.1 Å². The lowest BCUT2D eigenvalue weighted by Gasteiger charge is -2.39. The predicted molar refractivity (Wildman–Crippen MR) is 161 cm³/mol. The van der Waals surface area contributed by atoms with E-state index in [9.17, 15) is 24.6 Å². The minimum absolute atomic E-state index is 0.0378.